The van der Waals surface area contributed by atoms with Gasteiger partial charge in [0.25, 0.3) is 0 Å². The van der Waals surface area contributed by atoms with Gasteiger partial charge in [-0.05, 0) is 163 Å². The molecule has 48 nitrogen and oxygen atoms in total. The fourth-order valence-electron chi connectivity index (χ4n) is 15.7. The molecule has 0 bridgehead atoms. The summed E-state index contributed by atoms with van der Waals surface area (Å²) in [5, 5.41) is 94.3. The number of aromatic nitrogens is 4. The van der Waals surface area contributed by atoms with Crippen LogP contribution in [-0.2, 0) is 120 Å². The maximum Gasteiger partial charge on any atom is 0.326 e. The van der Waals surface area contributed by atoms with Crippen molar-refractivity contribution in [2.24, 2.45) is 28.7 Å². The van der Waals surface area contributed by atoms with E-state index in [1.165, 1.54) is 93.2 Å². The number of hydrogen-bond donors (Lipinski definition) is 29. The van der Waals surface area contributed by atoms with Gasteiger partial charge in [0.2, 0.25) is 94.5 Å². The number of nitrogens with one attached hydrogen (secondary N) is 17. The lowest BCUT2D eigenvalue weighted by Gasteiger charge is -2.30. The lowest BCUT2D eigenvalue weighted by Crippen LogP contribution is -2.61. The minimum Gasteiger partial charge on any atom is -0.508 e. The number of aromatic amines is 2. The van der Waals surface area contributed by atoms with Gasteiger partial charge in [0.15, 0.2) is 5.96 Å². The van der Waals surface area contributed by atoms with Gasteiger partial charge in [-0.15, -0.1) is 0 Å². The molecule has 2 aliphatic rings. The number of aromatic hydroxyl groups is 3. The monoisotopic (exact) mass is 2010 g/mol. The van der Waals surface area contributed by atoms with Crippen LogP contribution >= 0.6 is 25.3 Å². The number of nitrogens with two attached hydrogens (primary N) is 5. The number of amides is 16. The minimum atomic E-state index is -1.76. The van der Waals surface area contributed by atoms with Crippen molar-refractivity contribution in [2.45, 2.75) is 226 Å². The first-order valence-corrected chi connectivity index (χ1v) is 47.6. The number of imidazole rings is 2. The molecule has 0 radical (unpaired) electrons. The SMILES string of the molecule is C[C@H](NC(=O)[C@H](Cc1cnc[nH]1)NC(=O)[C@@H](N)Cc1ccc(O)cc1)C(=O)N[C@@H](CS)C(=O)N[C@@H](CO)C(=O)N[C@@H](C)C(=O)N1CCC[C@H]1C(=O)N[C@@H](CCN)C(=O)N[C@@H](CCCNC(=N)N)C(=O)N[C@@H](Cc1ccc(O)cc1)C(=O)N[C@@H](CS)C(=O)N[C@@H](Cc1ccc(O)cc1)C(=O)N[C@@H](CCC(N)=O)C(=O)N[C@@H](CCCCN)C(=O)N[C@@H](Cc1cnc(Cc2ccccc2)[nH]1)C(=O)N1CCC[C@H]1C(=O)O. The summed E-state index contributed by atoms with van der Waals surface area (Å²) in [6.45, 7) is 1.36. The van der Waals surface area contributed by atoms with Gasteiger partial charge in [0.05, 0.1) is 19.0 Å². The fourth-order valence-corrected chi connectivity index (χ4v) is 16.2. The highest BCUT2D eigenvalue weighted by atomic mass is 32.1. The van der Waals surface area contributed by atoms with E-state index < -0.39 is 235 Å². The number of phenolic OH excluding ortho intramolecular Hbond substituents is 3. The van der Waals surface area contributed by atoms with Crippen LogP contribution in [0.4, 0.5) is 0 Å². The van der Waals surface area contributed by atoms with Gasteiger partial charge in [0.1, 0.15) is 114 Å². The Balaban J connectivity index is 0.929. The molecule has 0 aliphatic carbocycles. The average Bonchev–Trinajstić information content (AvgIpc) is 1.54. The number of aliphatic hydroxyl groups is 1. The molecule has 32 N–H and O–H groups in total. The Morgan fingerprint density at radius 1 is 0.451 bits per heavy atom. The molecule has 0 unspecified atom stereocenters. The number of carbonyl (C=O) groups is 17. The third-order valence-electron chi connectivity index (χ3n) is 23.5. The minimum absolute atomic E-state index is 0.00268. The molecular weight excluding hydrogens is 1890 g/mol. The molecule has 50 heteroatoms. The zero-order valence-electron chi connectivity index (χ0n) is 78.4. The number of unbranched alkanes of at least 4 members (excludes halogenated alkanes) is 1. The van der Waals surface area contributed by atoms with E-state index in [2.05, 4.69) is 120 Å². The smallest absolute Gasteiger partial charge is 0.326 e. The normalized spacial score (nSPS) is 16.3. The van der Waals surface area contributed by atoms with Crippen LogP contribution in [0.1, 0.15) is 130 Å². The molecule has 2 fully saturated rings. The number of guanidine groups is 1. The second kappa shape index (κ2) is 56.7. The van der Waals surface area contributed by atoms with Crippen molar-refractivity contribution < 1.29 is 107 Å². The number of nitrogens with zero attached hydrogens (tertiary/aromatic N) is 4. The molecule has 2 saturated heterocycles. The first kappa shape index (κ1) is 113. The van der Waals surface area contributed by atoms with Gasteiger partial charge < -0.3 is 148 Å². The molecule has 4 aromatic carbocycles. The molecule has 770 valence electrons. The second-order valence-electron chi connectivity index (χ2n) is 34.5. The van der Waals surface area contributed by atoms with Crippen molar-refractivity contribution in [1.82, 2.24) is 104 Å². The van der Waals surface area contributed by atoms with E-state index in [9.17, 15) is 107 Å². The maximum absolute atomic E-state index is 15.0. The zero-order valence-corrected chi connectivity index (χ0v) is 80.2. The topological polar surface area (TPSA) is 778 Å². The largest absolute Gasteiger partial charge is 0.508 e. The lowest BCUT2D eigenvalue weighted by molar-refractivity contribution is -0.149. The number of H-pyrrole nitrogens is 2. The van der Waals surface area contributed by atoms with Gasteiger partial charge >= 0.3 is 5.97 Å². The summed E-state index contributed by atoms with van der Waals surface area (Å²) in [5.41, 5.74) is 32.3. The van der Waals surface area contributed by atoms with E-state index in [4.69, 9.17) is 34.1 Å². The Bertz CT molecular complexity index is 5300. The van der Waals surface area contributed by atoms with E-state index in [0.29, 0.717) is 53.2 Å². The van der Waals surface area contributed by atoms with Gasteiger partial charge in [0, 0.05) is 93.4 Å². The number of aliphatic hydroxyl groups excluding tert-OH is 1. The van der Waals surface area contributed by atoms with Crippen LogP contribution in [0, 0.1) is 5.41 Å². The molecule has 16 atom stereocenters. The lowest BCUT2D eigenvalue weighted by atomic mass is 10.0. The molecule has 6 aromatic rings. The summed E-state index contributed by atoms with van der Waals surface area (Å²) in [6, 6.07) is 2.17. The molecule has 2 aliphatic heterocycles. The van der Waals surface area contributed by atoms with E-state index >= 15 is 0 Å². The van der Waals surface area contributed by atoms with Crippen LogP contribution in [0.15, 0.2) is 122 Å². The number of carboxylic acids is 1. The summed E-state index contributed by atoms with van der Waals surface area (Å²) < 4.78 is 0. The third kappa shape index (κ3) is 35.7. The average molecular weight is 2010 g/mol. The predicted molar refractivity (Wildman–Crippen MR) is 520 cm³/mol. The van der Waals surface area contributed by atoms with E-state index in [0.717, 1.165) is 15.4 Å². The van der Waals surface area contributed by atoms with Crippen molar-refractivity contribution in [3.63, 3.8) is 0 Å². The van der Waals surface area contributed by atoms with Crippen molar-refractivity contribution >= 4 is 132 Å². The van der Waals surface area contributed by atoms with Crippen LogP contribution in [0.5, 0.6) is 17.2 Å². The number of rotatable bonds is 57. The Hall–Kier alpha value is -14.5. The molecule has 142 heavy (non-hydrogen) atoms. The molecule has 16 amide bonds. The van der Waals surface area contributed by atoms with Crippen LogP contribution in [0.25, 0.3) is 0 Å². The van der Waals surface area contributed by atoms with E-state index in [1.807, 2.05) is 30.3 Å². The Kier molecular flexibility index (Phi) is 45.0. The zero-order chi connectivity index (χ0) is 104. The number of benzene rings is 4. The number of aliphatic carboxylic acids is 1. The van der Waals surface area contributed by atoms with Gasteiger partial charge in [-0.1, -0.05) is 66.7 Å². The van der Waals surface area contributed by atoms with Gasteiger partial charge in [-0.3, -0.25) is 82.1 Å². The molecule has 0 spiro atoms. The number of carboxylic acid groups (broad SMARTS) is 1. The number of phenols is 3. The first-order chi connectivity index (χ1) is 67.8. The molecule has 2 aromatic heterocycles. The van der Waals surface area contributed by atoms with E-state index in [1.54, 1.807) is 12.1 Å². The summed E-state index contributed by atoms with van der Waals surface area (Å²) >= 11 is 8.60. The molecular formula is C92H128N26O22S2. The molecule has 0 saturated carbocycles. The van der Waals surface area contributed by atoms with Crippen molar-refractivity contribution in [2.75, 3.05) is 50.8 Å². The quantitative estimate of drug-likeness (QED) is 0.00731. The van der Waals surface area contributed by atoms with Gasteiger partial charge in [-0.25, -0.2) is 14.8 Å². The summed E-state index contributed by atoms with van der Waals surface area (Å²) in [5.74, 6) is -17.7. The van der Waals surface area contributed by atoms with Crippen LogP contribution in [0.2, 0.25) is 0 Å². The van der Waals surface area contributed by atoms with Crippen LogP contribution < -0.4 is 103 Å². The van der Waals surface area contributed by atoms with Crippen molar-refractivity contribution in [3.05, 3.63) is 161 Å². The highest BCUT2D eigenvalue weighted by molar-refractivity contribution is 7.80. The van der Waals surface area contributed by atoms with Gasteiger partial charge in [-0.2, -0.15) is 25.3 Å². The van der Waals surface area contributed by atoms with Crippen LogP contribution in [0.3, 0.4) is 0 Å². The molecule has 8 rings (SSSR count). The highest BCUT2D eigenvalue weighted by Crippen LogP contribution is 2.24. The number of primary amides is 1. The van der Waals surface area contributed by atoms with Crippen molar-refractivity contribution in [1.29, 1.82) is 5.41 Å². The summed E-state index contributed by atoms with van der Waals surface area (Å²) in [6.07, 6.45) is 3.19. The number of thiol groups is 2. The summed E-state index contributed by atoms with van der Waals surface area (Å²) in [4.78, 5) is 257. The first-order valence-electron chi connectivity index (χ1n) is 46.3. The maximum atomic E-state index is 15.0. The Labute approximate surface area is 828 Å². The number of carbonyl (C=O) groups excluding carboxylic acids is 16. The fraction of sp³-hybridized carbons (Fsp3) is 0.478. The summed E-state index contributed by atoms with van der Waals surface area (Å²) in [7, 11) is 0. The van der Waals surface area contributed by atoms with Crippen LogP contribution in [-0.4, -0.2) is 309 Å². The standard InChI is InChI=1S/C92H128N26O22S2/c1-49(103-82(130)67(41-55-43-99-48-102-55)110-77(125)60(95)37-52-17-23-57(120)24-18-52)76(124)115-70(46-141)87(135)114-69(45-119)85(133)104-50(2)89(137)117-35-9-15-72(117)88(136)109-64(31-33-94)81(129)107-62(14-8-34-100-92(97)98)78(126)111-66(39-54-21-27-59(122)28-22-54)84(132)116-71(47-142)86(134)112-65(38-53-19-25-58(121)26-20-53)83(131)108-63(29-30-74(96)123)80(128)106-61(13-6-7-32-93)79(127)113-68(90(138)118-36-10-16-73(118)91(139)140)42-56-44-101-75(105-56)40-51-11-4-3-5-12-51/h3-5,11-12,17-28,43-44,48-50,60-73,119-122,141-142H,6-10,13-16,29-42,45-47,93-95H2,1-2H3,(H2,96,123)(H,99,102)(H,101,105)(H,103,130)(H,104,133)(H,106,128)(H,107,129)(H,108,131)(H,109,136)(H,110,125)(H,111,126)(H,112,134)(H,113,127)(H,114,135)(H,115,124)(H,116,132)(H,139,140)(H4,97,98,100)/t49-,50-,60-,61-,62-,63-,64-,65-,66-,67-,68-,69-,70-,71-,72-,73-/m0/s1. The predicted octanol–water partition coefficient (Wildman–Crippen LogP) is -6.05. The van der Waals surface area contributed by atoms with E-state index in [-0.39, 0.29) is 133 Å². The van der Waals surface area contributed by atoms with Crippen molar-refractivity contribution in [3.8, 4) is 17.2 Å². The third-order valence-corrected chi connectivity index (χ3v) is 24.2. The number of likely N-dealkylation sites (tertiary alicyclic amines) is 2. The Morgan fingerprint density at radius 2 is 0.880 bits per heavy atom. The molecule has 4 heterocycles. The number of hydrogen-bond acceptors (Lipinski definition) is 29. The Morgan fingerprint density at radius 3 is 1.38 bits per heavy atom. The highest BCUT2D eigenvalue weighted by Gasteiger charge is 2.43. The second-order valence-corrected chi connectivity index (χ2v) is 35.2.